The van der Waals surface area contributed by atoms with E-state index in [0.29, 0.717) is 10.7 Å². The number of esters is 2. The van der Waals surface area contributed by atoms with Crippen molar-refractivity contribution in [1.82, 2.24) is 14.8 Å². The molecule has 198 valence electrons. The Labute approximate surface area is 222 Å². The maximum Gasteiger partial charge on any atom is 0.348 e. The normalized spacial score (nSPS) is 11.2. The molecule has 1 aromatic carbocycles. The van der Waals surface area contributed by atoms with Crippen LogP contribution in [0.4, 0.5) is 5.00 Å². The number of ether oxygens (including phenoxy) is 2. The molecular weight excluding hydrogens is 540 g/mol. The van der Waals surface area contributed by atoms with Gasteiger partial charge in [-0.25, -0.2) is 18.0 Å². The third kappa shape index (κ3) is 6.76. The fourth-order valence-corrected chi connectivity index (χ4v) is 6.38. The van der Waals surface area contributed by atoms with Crippen LogP contribution in [0.15, 0.2) is 40.4 Å². The summed E-state index contributed by atoms with van der Waals surface area (Å²) in [5.74, 6) is -1.94. The second-order valence-electron chi connectivity index (χ2n) is 7.57. The molecule has 3 aromatic rings. The van der Waals surface area contributed by atoms with Gasteiger partial charge in [0.2, 0.25) is 5.91 Å². The van der Waals surface area contributed by atoms with Gasteiger partial charge in [-0.3, -0.25) is 4.79 Å². The summed E-state index contributed by atoms with van der Waals surface area (Å²) in [5.41, 5.74) is 0.461. The molecule has 2 heterocycles. The maximum atomic E-state index is 12.7. The first-order valence-corrected chi connectivity index (χ1v) is 14.6. The van der Waals surface area contributed by atoms with Gasteiger partial charge < -0.3 is 19.4 Å². The zero-order chi connectivity index (χ0) is 27.2. The summed E-state index contributed by atoms with van der Waals surface area (Å²) in [4.78, 5) is 37.9. The lowest BCUT2D eigenvalue weighted by atomic mass is 10.1. The lowest BCUT2D eigenvalue weighted by Gasteiger charge is -2.07. The Morgan fingerprint density at radius 3 is 2.35 bits per heavy atom. The Hall–Kier alpha value is -3.23. The SMILES string of the molecule is CCOC(=O)c1sc(NC(=O)CSc2nnc(CS(=O)(=O)c3ccccc3)n2C)c(C(=O)OCC)c1C. The molecule has 0 fully saturated rings. The van der Waals surface area contributed by atoms with Crippen molar-refractivity contribution in [3.63, 3.8) is 0 Å². The minimum atomic E-state index is -3.62. The highest BCUT2D eigenvalue weighted by Crippen LogP contribution is 2.34. The van der Waals surface area contributed by atoms with Crippen molar-refractivity contribution in [3.05, 3.63) is 52.2 Å². The van der Waals surface area contributed by atoms with Gasteiger partial charge >= 0.3 is 11.9 Å². The summed E-state index contributed by atoms with van der Waals surface area (Å²) in [6, 6.07) is 8.03. The fourth-order valence-electron chi connectivity index (χ4n) is 3.21. The summed E-state index contributed by atoms with van der Waals surface area (Å²) in [6.45, 7) is 5.20. The largest absolute Gasteiger partial charge is 0.462 e. The predicted molar refractivity (Wildman–Crippen MR) is 139 cm³/mol. The van der Waals surface area contributed by atoms with Gasteiger partial charge in [0.05, 0.1) is 29.4 Å². The number of sulfone groups is 1. The average molecular weight is 567 g/mol. The molecule has 1 amide bonds. The molecule has 14 heteroatoms. The van der Waals surface area contributed by atoms with Gasteiger partial charge in [0.1, 0.15) is 21.5 Å². The Kier molecular flexibility index (Phi) is 9.45. The second kappa shape index (κ2) is 12.3. The molecule has 0 aliphatic carbocycles. The highest BCUT2D eigenvalue weighted by Gasteiger charge is 2.27. The molecule has 0 aliphatic heterocycles. The van der Waals surface area contributed by atoms with E-state index in [1.807, 2.05) is 0 Å². The Balaban J connectivity index is 1.72. The second-order valence-corrected chi connectivity index (χ2v) is 11.5. The van der Waals surface area contributed by atoms with Crippen LogP contribution in [0.1, 0.15) is 45.3 Å². The van der Waals surface area contributed by atoms with E-state index in [9.17, 15) is 22.8 Å². The standard InChI is InChI=1S/C23H26N4O7S3/c1-5-33-21(29)18-14(3)19(22(30)34-6-2)36-20(18)24-17(28)12-35-23-26-25-16(27(23)4)13-37(31,32)15-10-8-7-9-11-15/h7-11H,5-6,12-13H2,1-4H3,(H,24,28). The zero-order valence-electron chi connectivity index (χ0n) is 20.6. The predicted octanol–water partition coefficient (Wildman–Crippen LogP) is 3.24. The quantitative estimate of drug-likeness (QED) is 0.271. The van der Waals surface area contributed by atoms with Crippen LogP contribution in [0.2, 0.25) is 0 Å². The first-order chi connectivity index (χ1) is 17.6. The number of benzene rings is 1. The summed E-state index contributed by atoms with van der Waals surface area (Å²) >= 11 is 1.98. The van der Waals surface area contributed by atoms with Crippen LogP contribution in [0, 0.1) is 6.92 Å². The Morgan fingerprint density at radius 1 is 1.05 bits per heavy atom. The van der Waals surface area contributed by atoms with E-state index >= 15 is 0 Å². The van der Waals surface area contributed by atoms with Gasteiger partial charge in [-0.15, -0.1) is 21.5 Å². The van der Waals surface area contributed by atoms with Crippen molar-refractivity contribution in [2.45, 2.75) is 36.6 Å². The van der Waals surface area contributed by atoms with Crippen molar-refractivity contribution >= 4 is 55.8 Å². The maximum absolute atomic E-state index is 12.7. The highest BCUT2D eigenvalue weighted by atomic mass is 32.2. The number of carbonyl (C=O) groups is 3. The molecule has 0 bridgehead atoms. The van der Waals surface area contributed by atoms with Crippen LogP contribution in [0.25, 0.3) is 0 Å². The third-order valence-electron chi connectivity index (χ3n) is 5.02. The number of amides is 1. The summed E-state index contributed by atoms with van der Waals surface area (Å²) < 4.78 is 37.0. The van der Waals surface area contributed by atoms with Gasteiger partial charge in [-0.1, -0.05) is 30.0 Å². The lowest BCUT2D eigenvalue weighted by Crippen LogP contribution is -2.17. The van der Waals surface area contributed by atoms with Gasteiger partial charge in [0.15, 0.2) is 15.0 Å². The van der Waals surface area contributed by atoms with Crippen molar-refractivity contribution in [1.29, 1.82) is 0 Å². The third-order valence-corrected chi connectivity index (χ3v) is 8.86. The van der Waals surface area contributed by atoms with Crippen LogP contribution in [0.5, 0.6) is 0 Å². The smallest absolute Gasteiger partial charge is 0.348 e. The molecular formula is C23H26N4O7S3. The summed E-state index contributed by atoms with van der Waals surface area (Å²) in [7, 11) is -2.00. The van der Waals surface area contributed by atoms with E-state index in [1.54, 1.807) is 46.0 Å². The first-order valence-electron chi connectivity index (χ1n) is 11.1. The monoisotopic (exact) mass is 566 g/mol. The molecule has 0 atom stereocenters. The molecule has 2 aromatic heterocycles. The van der Waals surface area contributed by atoms with Crippen molar-refractivity contribution < 1.29 is 32.3 Å². The van der Waals surface area contributed by atoms with Gasteiger partial charge in [0, 0.05) is 7.05 Å². The van der Waals surface area contributed by atoms with Crippen molar-refractivity contribution in [2.24, 2.45) is 7.05 Å². The highest BCUT2D eigenvalue weighted by molar-refractivity contribution is 7.99. The number of thiophene rings is 1. The number of anilines is 1. The average Bonchev–Trinajstić information content (AvgIpc) is 3.37. The number of rotatable bonds is 11. The van der Waals surface area contributed by atoms with Gasteiger partial charge in [-0.05, 0) is 38.5 Å². The first kappa shape index (κ1) is 28.3. The van der Waals surface area contributed by atoms with E-state index < -0.39 is 27.7 Å². The number of thioether (sulfide) groups is 1. The zero-order valence-corrected chi connectivity index (χ0v) is 23.1. The minimum absolute atomic E-state index is 0.0975. The number of nitrogens with zero attached hydrogens (tertiary/aromatic N) is 3. The van der Waals surface area contributed by atoms with E-state index in [-0.39, 0.29) is 50.9 Å². The molecule has 37 heavy (non-hydrogen) atoms. The van der Waals surface area contributed by atoms with E-state index in [2.05, 4.69) is 15.5 Å². The summed E-state index contributed by atoms with van der Waals surface area (Å²) in [6.07, 6.45) is 0. The molecule has 11 nitrogen and oxygen atoms in total. The molecule has 0 saturated heterocycles. The summed E-state index contributed by atoms with van der Waals surface area (Å²) in [5, 5.41) is 11.2. The molecule has 3 rings (SSSR count). The van der Waals surface area contributed by atoms with Crippen LogP contribution < -0.4 is 5.32 Å². The number of hydrogen-bond acceptors (Lipinski definition) is 11. The van der Waals surface area contributed by atoms with Crippen LogP contribution in [0.3, 0.4) is 0 Å². The topological polar surface area (TPSA) is 147 Å². The van der Waals surface area contributed by atoms with E-state index in [4.69, 9.17) is 9.47 Å². The van der Waals surface area contributed by atoms with Crippen LogP contribution >= 0.6 is 23.1 Å². The van der Waals surface area contributed by atoms with E-state index in [0.717, 1.165) is 23.1 Å². The van der Waals surface area contributed by atoms with Crippen LogP contribution in [-0.4, -0.2) is 60.0 Å². The molecule has 0 radical (unpaired) electrons. The number of aromatic nitrogens is 3. The molecule has 0 unspecified atom stereocenters. The number of nitrogens with one attached hydrogen (secondary N) is 1. The Morgan fingerprint density at radius 2 is 1.70 bits per heavy atom. The Bertz CT molecular complexity index is 1400. The van der Waals surface area contributed by atoms with E-state index in [1.165, 1.54) is 16.7 Å². The molecule has 0 aliphatic rings. The van der Waals surface area contributed by atoms with Crippen molar-refractivity contribution in [3.8, 4) is 0 Å². The molecule has 0 spiro atoms. The number of carbonyl (C=O) groups excluding carboxylic acids is 3. The molecule has 0 saturated carbocycles. The lowest BCUT2D eigenvalue weighted by molar-refractivity contribution is -0.113. The minimum Gasteiger partial charge on any atom is -0.462 e. The molecule has 1 N–H and O–H groups in total. The fraction of sp³-hybridized carbons (Fsp3) is 0.348. The van der Waals surface area contributed by atoms with Gasteiger partial charge in [0.25, 0.3) is 0 Å². The van der Waals surface area contributed by atoms with Crippen molar-refractivity contribution in [2.75, 3.05) is 24.3 Å². The number of hydrogen-bond donors (Lipinski definition) is 1. The van der Waals surface area contributed by atoms with Crippen LogP contribution in [-0.2, 0) is 36.9 Å². The van der Waals surface area contributed by atoms with Gasteiger partial charge in [-0.2, -0.15) is 0 Å².